The van der Waals surface area contributed by atoms with Gasteiger partial charge in [-0.1, -0.05) is 63.3 Å². The summed E-state index contributed by atoms with van der Waals surface area (Å²) in [5.41, 5.74) is 4.34. The van der Waals surface area contributed by atoms with E-state index in [-0.39, 0.29) is 56.6 Å². The molecule has 3 aromatic heterocycles. The topological polar surface area (TPSA) is 298 Å². The minimum Gasteiger partial charge on any atom is -0.458 e. The molecule has 22 nitrogen and oxygen atoms in total. The highest BCUT2D eigenvalue weighted by Crippen LogP contribution is 2.47. The lowest BCUT2D eigenvalue weighted by atomic mass is 9.81. The number of amides is 8. The smallest absolute Gasteiger partial charge is 0.343 e. The van der Waals surface area contributed by atoms with E-state index in [0.717, 1.165) is 21.6 Å². The van der Waals surface area contributed by atoms with Gasteiger partial charge in [0.15, 0.2) is 5.60 Å². The third-order valence-corrected chi connectivity index (χ3v) is 15.4. The van der Waals surface area contributed by atoms with Crippen LogP contribution in [0.25, 0.3) is 22.3 Å². The second-order valence-electron chi connectivity index (χ2n) is 20.5. The summed E-state index contributed by atoms with van der Waals surface area (Å²) in [7, 11) is 0. The Kier molecular flexibility index (Phi) is 16.6. The molecule has 9 rings (SSSR count). The lowest BCUT2D eigenvalue weighted by molar-refractivity contribution is -0.172. The first-order chi connectivity index (χ1) is 38.3. The van der Waals surface area contributed by atoms with Crippen LogP contribution in [0.1, 0.15) is 90.7 Å². The van der Waals surface area contributed by atoms with E-state index >= 15 is 4.39 Å². The second kappa shape index (κ2) is 23.5. The zero-order chi connectivity index (χ0) is 57.2. The number of rotatable bonds is 20. The first-order valence-electron chi connectivity index (χ1n) is 26.2. The lowest BCUT2D eigenvalue weighted by Gasteiger charge is -2.32. The molecule has 6 heterocycles. The largest absolute Gasteiger partial charge is 0.458 e. The maximum absolute atomic E-state index is 15.4. The minimum atomic E-state index is -1.92. The van der Waals surface area contributed by atoms with E-state index < -0.39 is 104 Å². The number of aryl methyl sites for hydroxylation is 1. The van der Waals surface area contributed by atoms with Crippen molar-refractivity contribution in [1.82, 2.24) is 46.4 Å². The molecule has 1 saturated heterocycles. The number of imide groups is 1. The summed E-state index contributed by atoms with van der Waals surface area (Å²) in [6.07, 6.45) is 2.15. The summed E-state index contributed by atoms with van der Waals surface area (Å²) in [6, 6.07) is 13.1. The van der Waals surface area contributed by atoms with Crippen LogP contribution in [-0.2, 0) is 90.6 Å². The first-order valence-corrected chi connectivity index (χ1v) is 26.6. The van der Waals surface area contributed by atoms with Crippen molar-refractivity contribution in [3.63, 3.8) is 0 Å². The van der Waals surface area contributed by atoms with Gasteiger partial charge in [0.05, 0.1) is 73.3 Å². The van der Waals surface area contributed by atoms with Crippen molar-refractivity contribution in [1.29, 1.82) is 0 Å². The number of aliphatic hydroxyl groups is 1. The van der Waals surface area contributed by atoms with Crippen LogP contribution in [0.3, 0.4) is 0 Å². The van der Waals surface area contributed by atoms with Gasteiger partial charge in [-0.25, -0.2) is 19.1 Å². The molecule has 1 aliphatic carbocycles. The van der Waals surface area contributed by atoms with Crippen molar-refractivity contribution < 1.29 is 62.1 Å². The number of nitrogens with one attached hydrogen (secondary N) is 6. The van der Waals surface area contributed by atoms with E-state index in [9.17, 15) is 48.3 Å². The van der Waals surface area contributed by atoms with Gasteiger partial charge in [0.2, 0.25) is 47.3 Å². The van der Waals surface area contributed by atoms with Crippen molar-refractivity contribution in [2.75, 3.05) is 37.9 Å². The normalized spacial score (nSPS) is 18.2. The van der Waals surface area contributed by atoms with Gasteiger partial charge in [-0.15, -0.1) is 0 Å². The third-order valence-electron chi connectivity index (χ3n) is 15.0. The zero-order valence-corrected chi connectivity index (χ0v) is 45.1. The number of esters is 1. The fourth-order valence-electron chi connectivity index (χ4n) is 10.6. The maximum atomic E-state index is 15.4. The average Bonchev–Trinajstić information content (AvgIpc) is 4.16. The van der Waals surface area contributed by atoms with Gasteiger partial charge in [-0.05, 0) is 72.6 Å². The molecule has 7 N–H and O–H groups in total. The number of ether oxygens (including phenoxy) is 2. The Bertz CT molecular complexity index is 3450. The number of benzene rings is 2. The Labute approximate surface area is 463 Å². The van der Waals surface area contributed by atoms with Gasteiger partial charge >= 0.3 is 5.97 Å². The molecule has 0 bridgehead atoms. The number of cyclic esters (lactones) is 1. The number of carbonyl (C=O) groups is 9. The van der Waals surface area contributed by atoms with Crippen molar-refractivity contribution >= 4 is 82.0 Å². The molecule has 1 fully saturated rings. The van der Waals surface area contributed by atoms with Crippen molar-refractivity contribution in [2.24, 2.45) is 11.8 Å². The number of aromatic nitrogens is 3. The van der Waals surface area contributed by atoms with Crippen LogP contribution in [-0.4, -0.2) is 112 Å². The molecule has 5 aromatic rings. The Hall–Kier alpha value is -8.35. The molecule has 4 aliphatic rings. The van der Waals surface area contributed by atoms with Crippen LogP contribution in [0.15, 0.2) is 60.8 Å². The highest BCUT2D eigenvalue weighted by Gasteiger charge is 2.46. The number of carbonyl (C=O) groups excluding carboxylic acids is 9. The highest BCUT2D eigenvalue weighted by molar-refractivity contribution is 7.71. The van der Waals surface area contributed by atoms with Crippen LogP contribution >= 0.6 is 12.2 Å². The van der Waals surface area contributed by atoms with Crippen LogP contribution in [0.2, 0.25) is 0 Å². The molecule has 0 radical (unpaired) electrons. The number of hydrogen-bond donors (Lipinski definition) is 7. The van der Waals surface area contributed by atoms with E-state index in [4.69, 9.17) is 26.7 Å². The summed E-state index contributed by atoms with van der Waals surface area (Å²) in [5.74, 6) is -6.14. The van der Waals surface area contributed by atoms with Crippen LogP contribution in [0.5, 0.6) is 0 Å². The van der Waals surface area contributed by atoms with E-state index in [1.54, 1.807) is 50.2 Å². The summed E-state index contributed by atoms with van der Waals surface area (Å²) in [6.45, 7) is 4.82. The zero-order valence-electron chi connectivity index (χ0n) is 44.3. The molecular formula is C56H59FN10O12S. The third kappa shape index (κ3) is 11.5. The standard InChI is InChI=1S/C56H59FN10O12S/c1-5-56(77)37-18-42-51-35(24-66(42)54(80)36(37)25-79-55(56)76)50-39(14-13-33-29(4)38(57)19-40(65-51)49(33)50)63-47(72)26-78-27-62-45(70)22-61-52(74)41(15-30-9-7-6-8-10-30)64-46(71)23-60-44(69)21-59-43(68)16-31-11-12-32(20-58-31)67-48(73)17-34(28(2)3)53(67)75/h6-12,18-20,28,34,39,41,77H,5,13-17,21-27H2,1-4H3,(H,59,68)(H,60,69)(H,61,74)(H,62,70)(H,63,72)(H,64,71)/t34?,39-,41+,56+/m1/s1. The second-order valence-corrected chi connectivity index (χ2v) is 20.8. The van der Waals surface area contributed by atoms with Gasteiger partial charge < -0.3 is 51.0 Å². The van der Waals surface area contributed by atoms with E-state index in [1.807, 2.05) is 18.4 Å². The van der Waals surface area contributed by atoms with Crippen LogP contribution < -0.4 is 36.8 Å². The van der Waals surface area contributed by atoms with E-state index in [2.05, 4.69) is 36.9 Å². The molecule has 0 spiro atoms. The maximum Gasteiger partial charge on any atom is 0.343 e. The van der Waals surface area contributed by atoms with Crippen molar-refractivity contribution in [3.05, 3.63) is 116 Å². The number of hydrogen-bond acceptors (Lipinski definition) is 15. The SMILES string of the molecule is CC[C@@]1(O)C(=O)OCc2c1cc1n(c2=S)Cc2c-1nc1cc(F)c(C)c3c1c2[C@H](NC(=O)COCNC(=O)CNC(=O)[C@H](Cc1ccccc1)NC(=O)CNC(=O)CNC(=O)Cc1ccc(N2C(=O)CC(C(C)C)C2=O)cn1)CC3. The summed E-state index contributed by atoms with van der Waals surface area (Å²) < 4.78 is 28.5. The van der Waals surface area contributed by atoms with E-state index in [0.29, 0.717) is 73.4 Å². The van der Waals surface area contributed by atoms with Crippen LogP contribution in [0, 0.1) is 29.2 Å². The lowest BCUT2D eigenvalue weighted by Crippen LogP contribution is -2.52. The molecule has 418 valence electrons. The predicted molar refractivity (Wildman–Crippen MR) is 286 cm³/mol. The van der Waals surface area contributed by atoms with E-state index in [1.165, 1.54) is 24.4 Å². The van der Waals surface area contributed by atoms with Crippen molar-refractivity contribution in [2.45, 2.75) is 97.1 Å². The fraction of sp³-hybridized carbons (Fsp3) is 0.393. The van der Waals surface area contributed by atoms with Gasteiger partial charge in [-0.2, -0.15) is 0 Å². The Morgan fingerprint density at radius 2 is 1.64 bits per heavy atom. The van der Waals surface area contributed by atoms with Gasteiger partial charge in [0.25, 0.3) is 0 Å². The number of nitrogens with zero attached hydrogens (tertiary/aromatic N) is 4. The number of halogens is 1. The summed E-state index contributed by atoms with van der Waals surface area (Å²) >= 11 is 5.91. The summed E-state index contributed by atoms with van der Waals surface area (Å²) in [4.78, 5) is 126. The molecule has 24 heteroatoms. The fourth-order valence-corrected chi connectivity index (χ4v) is 10.9. The van der Waals surface area contributed by atoms with Crippen molar-refractivity contribution in [3.8, 4) is 11.4 Å². The highest BCUT2D eigenvalue weighted by atomic mass is 32.1. The Balaban J connectivity index is 0.744. The monoisotopic (exact) mass is 1110 g/mol. The molecule has 1 unspecified atom stereocenters. The molecule has 0 saturated carbocycles. The van der Waals surface area contributed by atoms with Crippen LogP contribution in [0.4, 0.5) is 10.1 Å². The molecule has 4 atom stereocenters. The molecule has 8 amide bonds. The molecule has 3 aliphatic heterocycles. The Morgan fingerprint density at radius 1 is 0.912 bits per heavy atom. The quantitative estimate of drug-likeness (QED) is 0.0190. The summed E-state index contributed by atoms with van der Waals surface area (Å²) in [5, 5.41) is 27.6. The molecular weight excluding hydrogens is 1060 g/mol. The molecule has 2 aromatic carbocycles. The minimum absolute atomic E-state index is 0.00649. The average molecular weight is 1120 g/mol. The number of fused-ring (bicyclic) bond motifs is 5. The van der Waals surface area contributed by atoms with Gasteiger partial charge in [0.1, 0.15) is 36.4 Å². The number of anilines is 1. The van der Waals surface area contributed by atoms with Gasteiger partial charge in [-0.3, -0.25) is 43.3 Å². The molecule has 80 heavy (non-hydrogen) atoms. The first kappa shape index (κ1) is 56.4. The predicted octanol–water partition coefficient (Wildman–Crippen LogP) is 2.34. The number of pyridine rings is 3. The van der Waals surface area contributed by atoms with Gasteiger partial charge in [0, 0.05) is 46.7 Å². The Morgan fingerprint density at radius 3 is 2.35 bits per heavy atom.